The first kappa shape index (κ1) is 26.1. The number of ether oxygens (including phenoxy) is 3. The highest BCUT2D eigenvalue weighted by molar-refractivity contribution is 7.91. The summed E-state index contributed by atoms with van der Waals surface area (Å²) in [5.41, 5.74) is -3.71. The van der Waals surface area contributed by atoms with Crippen molar-refractivity contribution in [1.82, 2.24) is 5.06 Å². The highest BCUT2D eigenvalue weighted by atomic mass is 32.2. The van der Waals surface area contributed by atoms with Gasteiger partial charge in [-0.25, -0.2) is 18.2 Å². The molecule has 0 fully saturated rings. The van der Waals surface area contributed by atoms with Gasteiger partial charge in [-0.3, -0.25) is 15.0 Å². The Morgan fingerprint density at radius 3 is 2.44 bits per heavy atom. The number of rotatable bonds is 9. The summed E-state index contributed by atoms with van der Waals surface area (Å²) in [6.45, 7) is 1.31. The number of hydroxylamine groups is 2. The number of carbonyl (C=O) groups excluding carboxylic acids is 1. The number of para-hydroxylation sites is 1. The maximum absolute atomic E-state index is 12.5. The number of nitriles is 1. The zero-order chi connectivity index (χ0) is 26.5. The van der Waals surface area contributed by atoms with Gasteiger partial charge in [-0.05, 0) is 31.2 Å². The molecule has 2 aromatic rings. The van der Waals surface area contributed by atoms with Gasteiger partial charge in [0, 0.05) is 12.3 Å². The molecule has 0 aromatic heterocycles. The van der Waals surface area contributed by atoms with Crippen molar-refractivity contribution in [2.75, 3.05) is 20.0 Å². The van der Waals surface area contributed by atoms with Crippen molar-refractivity contribution < 1.29 is 37.2 Å². The van der Waals surface area contributed by atoms with Crippen LogP contribution in [-0.2, 0) is 24.2 Å². The molecule has 36 heavy (non-hydrogen) atoms. The van der Waals surface area contributed by atoms with E-state index in [1.54, 1.807) is 30.3 Å². The number of hydrogen-bond acceptors (Lipinski definition) is 12. The molecule has 1 atom stereocenters. The van der Waals surface area contributed by atoms with Gasteiger partial charge in [0.05, 0.1) is 30.3 Å². The average Bonchev–Trinajstić information content (AvgIpc) is 2.84. The van der Waals surface area contributed by atoms with E-state index in [2.05, 4.69) is 4.99 Å². The summed E-state index contributed by atoms with van der Waals surface area (Å²) in [6, 6.07) is 14.4. The molecular formula is C22H20N4O9S. The first-order valence-corrected chi connectivity index (χ1v) is 12.2. The van der Waals surface area contributed by atoms with E-state index in [1.807, 2.05) is 6.07 Å². The van der Waals surface area contributed by atoms with Crippen molar-refractivity contribution in [3.63, 3.8) is 0 Å². The molecule has 13 nitrogen and oxygen atoms in total. The molecule has 0 aliphatic carbocycles. The number of carbonyl (C=O) groups is 1. The zero-order valence-electron chi connectivity index (χ0n) is 19.3. The quantitative estimate of drug-likeness (QED) is 0.272. The van der Waals surface area contributed by atoms with Crippen LogP contribution in [0.3, 0.4) is 0 Å². The Balaban J connectivity index is 2.23. The molecule has 1 aliphatic heterocycles. The van der Waals surface area contributed by atoms with E-state index in [4.69, 9.17) is 19.0 Å². The number of aliphatic imine (C=N–C) groups is 1. The maximum atomic E-state index is 12.5. The molecule has 0 saturated carbocycles. The fourth-order valence-corrected chi connectivity index (χ4v) is 3.87. The normalized spacial score (nSPS) is 15.6. The van der Waals surface area contributed by atoms with E-state index in [0.29, 0.717) is 10.8 Å². The molecule has 1 heterocycles. The molecule has 2 aromatic carbocycles. The van der Waals surface area contributed by atoms with Crippen molar-refractivity contribution in [3.05, 3.63) is 75.8 Å². The third-order valence-electron chi connectivity index (χ3n) is 4.55. The molecule has 0 bridgehead atoms. The van der Waals surface area contributed by atoms with Crippen molar-refractivity contribution in [3.8, 4) is 23.3 Å². The van der Waals surface area contributed by atoms with Gasteiger partial charge in [0.15, 0.2) is 21.3 Å². The predicted octanol–water partition coefficient (Wildman–Crippen LogP) is 2.38. The van der Waals surface area contributed by atoms with Gasteiger partial charge >= 0.3 is 17.5 Å². The Bertz CT molecular complexity index is 1380. The Hall–Kier alpha value is -4.48. The lowest BCUT2D eigenvalue weighted by Crippen LogP contribution is -2.47. The smallest absolute Gasteiger partial charge is 0.364 e. The van der Waals surface area contributed by atoms with Crippen LogP contribution < -0.4 is 9.47 Å². The highest BCUT2D eigenvalue weighted by Crippen LogP contribution is 2.36. The second kappa shape index (κ2) is 10.8. The summed E-state index contributed by atoms with van der Waals surface area (Å²) in [5.74, 6) is -1.81. The number of nitro groups is 1. The number of hydrogen-bond donors (Lipinski definition) is 0. The van der Waals surface area contributed by atoms with Gasteiger partial charge in [-0.2, -0.15) is 10.3 Å². The molecule has 0 saturated heterocycles. The Morgan fingerprint density at radius 2 is 1.89 bits per heavy atom. The summed E-state index contributed by atoms with van der Waals surface area (Å²) in [7, 11) is -3.09. The number of nitrogens with zero attached hydrogens (tertiary/aromatic N) is 4. The molecule has 0 radical (unpaired) electrons. The summed E-state index contributed by atoms with van der Waals surface area (Å²) in [6.07, 6.45) is 0.797. The van der Waals surface area contributed by atoms with Crippen molar-refractivity contribution in [1.29, 1.82) is 5.26 Å². The first-order valence-electron chi connectivity index (χ1n) is 10.2. The lowest BCUT2D eigenvalue weighted by Gasteiger charge is -2.31. The SMILES string of the molecule is CCOC(=O)C1=NC(S(C)(=O)=O)N(OC)C(Oc2cc(C#N)ccc2Oc2ccccc2)=C1[N+](=O)[O-]. The molecule has 1 unspecified atom stereocenters. The number of esters is 1. The van der Waals surface area contributed by atoms with Gasteiger partial charge in [-0.1, -0.05) is 18.2 Å². The largest absolute Gasteiger partial charge is 0.461 e. The van der Waals surface area contributed by atoms with Crippen LogP contribution in [0.15, 0.2) is 65.1 Å². The minimum atomic E-state index is -4.13. The van der Waals surface area contributed by atoms with Gasteiger partial charge in [0.25, 0.3) is 5.50 Å². The topological polar surface area (TPSA) is 171 Å². The first-order chi connectivity index (χ1) is 17.1. The van der Waals surface area contributed by atoms with Gasteiger partial charge in [0.2, 0.25) is 5.71 Å². The zero-order valence-corrected chi connectivity index (χ0v) is 20.1. The molecule has 1 aliphatic rings. The van der Waals surface area contributed by atoms with E-state index >= 15 is 0 Å². The van der Waals surface area contributed by atoms with Crippen molar-refractivity contribution in [2.45, 2.75) is 12.4 Å². The summed E-state index contributed by atoms with van der Waals surface area (Å²) >= 11 is 0. The van der Waals surface area contributed by atoms with Crippen LogP contribution in [-0.4, -0.2) is 55.6 Å². The van der Waals surface area contributed by atoms with Crippen LogP contribution in [0.5, 0.6) is 17.2 Å². The molecule has 0 N–H and O–H groups in total. The van der Waals surface area contributed by atoms with E-state index in [-0.39, 0.29) is 23.7 Å². The molecular weight excluding hydrogens is 496 g/mol. The van der Waals surface area contributed by atoms with E-state index in [1.165, 1.54) is 25.1 Å². The Kier molecular flexibility index (Phi) is 7.87. The lowest BCUT2D eigenvalue weighted by molar-refractivity contribution is -0.421. The maximum Gasteiger partial charge on any atom is 0.364 e. The second-order valence-electron chi connectivity index (χ2n) is 7.06. The molecule has 3 rings (SSSR count). The summed E-state index contributed by atoms with van der Waals surface area (Å²) < 4.78 is 41.3. The third-order valence-corrected chi connectivity index (χ3v) is 5.61. The number of benzene rings is 2. The number of sulfone groups is 1. The molecule has 14 heteroatoms. The van der Waals surface area contributed by atoms with Gasteiger partial charge in [-0.15, -0.1) is 0 Å². The Morgan fingerprint density at radius 1 is 1.19 bits per heavy atom. The van der Waals surface area contributed by atoms with E-state index in [9.17, 15) is 28.6 Å². The van der Waals surface area contributed by atoms with Crippen LogP contribution in [0.4, 0.5) is 0 Å². The summed E-state index contributed by atoms with van der Waals surface area (Å²) in [5, 5.41) is 21.9. The van der Waals surface area contributed by atoms with Crippen LogP contribution in [0.1, 0.15) is 12.5 Å². The van der Waals surface area contributed by atoms with Gasteiger partial charge < -0.3 is 14.2 Å². The fraction of sp³-hybridized carbons (Fsp3) is 0.227. The van der Waals surface area contributed by atoms with E-state index in [0.717, 1.165) is 13.4 Å². The van der Waals surface area contributed by atoms with Crippen LogP contribution in [0.25, 0.3) is 0 Å². The summed E-state index contributed by atoms with van der Waals surface area (Å²) in [4.78, 5) is 32.4. The minimum Gasteiger partial charge on any atom is -0.461 e. The molecule has 0 spiro atoms. The monoisotopic (exact) mass is 516 g/mol. The average molecular weight is 516 g/mol. The van der Waals surface area contributed by atoms with Crippen LogP contribution in [0, 0.1) is 21.4 Å². The standard InChI is InChI=1S/C22H20N4O9S/c1-4-33-21(27)18-19(26(28)29)20(25(32-2)22(24-18)36(3,30)31)35-17-12-14(13-23)10-11-16(17)34-15-8-6-5-7-9-15/h5-12,22H,4H2,1-3H3. The third kappa shape index (κ3) is 5.59. The van der Waals surface area contributed by atoms with Gasteiger partial charge in [0.1, 0.15) is 5.75 Å². The van der Waals surface area contributed by atoms with Crippen LogP contribution >= 0.6 is 0 Å². The molecule has 188 valence electrons. The fourth-order valence-electron chi connectivity index (χ4n) is 3.04. The second-order valence-corrected chi connectivity index (χ2v) is 9.14. The predicted molar refractivity (Wildman–Crippen MR) is 124 cm³/mol. The molecule has 0 amide bonds. The van der Waals surface area contributed by atoms with Crippen molar-refractivity contribution >= 4 is 21.5 Å². The van der Waals surface area contributed by atoms with E-state index < -0.39 is 43.5 Å². The lowest BCUT2D eigenvalue weighted by atomic mass is 10.2. The van der Waals surface area contributed by atoms with Crippen molar-refractivity contribution in [2.24, 2.45) is 4.99 Å². The Labute approximate surface area is 205 Å². The highest BCUT2D eigenvalue weighted by Gasteiger charge is 2.47. The van der Waals surface area contributed by atoms with Crippen LogP contribution in [0.2, 0.25) is 0 Å². The minimum absolute atomic E-state index is 0.0301.